The first-order chi connectivity index (χ1) is 11.3. The third-order valence-corrected chi connectivity index (χ3v) is 3.13. The van der Waals surface area contributed by atoms with Gasteiger partial charge in [0.25, 0.3) is 0 Å². The highest BCUT2D eigenvalue weighted by Gasteiger charge is 2.30. The van der Waals surface area contributed by atoms with E-state index in [-0.39, 0.29) is 11.3 Å². The van der Waals surface area contributed by atoms with Gasteiger partial charge in [-0.15, -0.1) is 0 Å². The molecule has 0 fully saturated rings. The molecule has 0 unspecified atom stereocenters. The molecule has 1 heterocycles. The molecule has 0 aliphatic heterocycles. The zero-order valence-electron chi connectivity index (χ0n) is 11.9. The molecular weight excluding hydrogens is 327 g/mol. The van der Waals surface area contributed by atoms with Crippen molar-refractivity contribution in [3.05, 3.63) is 58.6 Å². The highest BCUT2D eigenvalue weighted by atomic mass is 19.4. The van der Waals surface area contributed by atoms with Crippen LogP contribution < -0.4 is 16.4 Å². The normalized spacial score (nSPS) is 11.5. The maximum atomic E-state index is 12.6. The van der Waals surface area contributed by atoms with Crippen LogP contribution in [-0.2, 0) is 6.18 Å². The molecule has 9 heteroatoms. The van der Waals surface area contributed by atoms with Gasteiger partial charge in [0.2, 0.25) is 0 Å². The van der Waals surface area contributed by atoms with Crippen molar-refractivity contribution in [3.8, 4) is 0 Å². The molecule has 1 aromatic heterocycles. The lowest BCUT2D eigenvalue weighted by atomic mass is 10.2. The Morgan fingerprint density at radius 3 is 2.46 bits per heavy atom. The van der Waals surface area contributed by atoms with E-state index in [2.05, 4.69) is 15.6 Å². The molecule has 0 bridgehead atoms. The fourth-order valence-corrected chi connectivity index (χ4v) is 2.09. The number of nitrogens with one attached hydrogen (secondary N) is 3. The number of carbonyl (C=O) groups excluding carboxylic acids is 1. The molecule has 6 nitrogen and oxygen atoms in total. The third kappa shape index (κ3) is 3.40. The molecule has 0 saturated heterocycles. The van der Waals surface area contributed by atoms with Crippen LogP contribution in [-0.4, -0.2) is 11.0 Å². The summed E-state index contributed by atoms with van der Waals surface area (Å²) in [4.78, 5) is 25.4. The lowest BCUT2D eigenvalue weighted by molar-refractivity contribution is -0.137. The summed E-state index contributed by atoms with van der Waals surface area (Å²) < 4.78 is 42.8. The van der Waals surface area contributed by atoms with Crippen molar-refractivity contribution in [2.24, 2.45) is 0 Å². The Kier molecular flexibility index (Phi) is 3.76. The number of carbonyl (C=O) groups is 1. The summed E-state index contributed by atoms with van der Waals surface area (Å²) in [5, 5.41) is 4.75. The number of amides is 2. The van der Waals surface area contributed by atoms with Crippen molar-refractivity contribution in [2.75, 3.05) is 10.6 Å². The average Bonchev–Trinajstić information content (AvgIpc) is 2.86. The topological polar surface area (TPSA) is 87.1 Å². The number of hydrogen-bond acceptors (Lipinski definition) is 3. The molecule has 3 N–H and O–H groups in total. The second kappa shape index (κ2) is 5.76. The van der Waals surface area contributed by atoms with Crippen LogP contribution in [0.1, 0.15) is 5.56 Å². The molecule has 0 atom stereocenters. The molecule has 0 aliphatic rings. The van der Waals surface area contributed by atoms with Crippen molar-refractivity contribution in [1.82, 2.24) is 4.98 Å². The molecule has 0 radical (unpaired) electrons. The van der Waals surface area contributed by atoms with Gasteiger partial charge in [-0.25, -0.2) is 9.59 Å². The number of rotatable bonds is 2. The summed E-state index contributed by atoms with van der Waals surface area (Å²) in [6.07, 6.45) is -4.50. The average molecular weight is 337 g/mol. The zero-order valence-corrected chi connectivity index (χ0v) is 11.9. The number of aromatic amines is 1. The lowest BCUT2D eigenvalue weighted by Crippen LogP contribution is -2.19. The van der Waals surface area contributed by atoms with Crippen LogP contribution in [0.5, 0.6) is 0 Å². The van der Waals surface area contributed by atoms with E-state index in [0.29, 0.717) is 11.2 Å². The van der Waals surface area contributed by atoms with E-state index in [9.17, 15) is 22.8 Å². The predicted octanol–water partition coefficient (Wildman–Crippen LogP) is 3.78. The lowest BCUT2D eigenvalue weighted by Gasteiger charge is -2.10. The molecule has 2 amide bonds. The minimum Gasteiger partial charge on any atom is -0.408 e. The Labute approximate surface area is 132 Å². The van der Waals surface area contributed by atoms with Crippen LogP contribution in [0, 0.1) is 0 Å². The number of hydrogen-bond donors (Lipinski definition) is 3. The van der Waals surface area contributed by atoms with Crippen molar-refractivity contribution in [3.63, 3.8) is 0 Å². The summed E-state index contributed by atoms with van der Waals surface area (Å²) in [5.41, 5.74) is 0.155. The van der Waals surface area contributed by atoms with Gasteiger partial charge in [-0.3, -0.25) is 4.98 Å². The maximum Gasteiger partial charge on any atom is 0.417 e. The number of fused-ring (bicyclic) bond motifs is 1. The minimum absolute atomic E-state index is 0.00317. The number of halogens is 3. The van der Waals surface area contributed by atoms with Crippen LogP contribution >= 0.6 is 0 Å². The molecule has 0 saturated carbocycles. The van der Waals surface area contributed by atoms with Gasteiger partial charge in [0.15, 0.2) is 5.58 Å². The molecule has 24 heavy (non-hydrogen) atoms. The van der Waals surface area contributed by atoms with Crippen molar-refractivity contribution in [1.29, 1.82) is 0 Å². The van der Waals surface area contributed by atoms with Crippen molar-refractivity contribution >= 4 is 28.5 Å². The summed E-state index contributed by atoms with van der Waals surface area (Å²) in [5.74, 6) is -0.629. The molecular formula is C15H10F3N3O3. The van der Waals surface area contributed by atoms with Crippen molar-refractivity contribution < 1.29 is 22.4 Å². The van der Waals surface area contributed by atoms with E-state index >= 15 is 0 Å². The first-order valence-corrected chi connectivity index (χ1v) is 6.69. The third-order valence-electron chi connectivity index (χ3n) is 3.13. The Hall–Kier alpha value is -3.23. The number of H-pyrrole nitrogens is 1. The van der Waals surface area contributed by atoms with Gasteiger partial charge in [-0.1, -0.05) is 6.07 Å². The second-order valence-corrected chi connectivity index (χ2v) is 4.88. The Balaban J connectivity index is 1.74. The first-order valence-electron chi connectivity index (χ1n) is 6.69. The van der Waals surface area contributed by atoms with E-state index in [4.69, 9.17) is 4.42 Å². The van der Waals surface area contributed by atoms with Gasteiger partial charge in [0.1, 0.15) is 0 Å². The van der Waals surface area contributed by atoms with E-state index in [1.165, 1.54) is 30.3 Å². The Bertz CT molecular complexity index is 959. The highest BCUT2D eigenvalue weighted by molar-refractivity contribution is 6.00. The molecule has 0 spiro atoms. The summed E-state index contributed by atoms with van der Waals surface area (Å²) in [6, 6.07) is 7.99. The van der Waals surface area contributed by atoms with Crippen LogP contribution in [0.2, 0.25) is 0 Å². The largest absolute Gasteiger partial charge is 0.417 e. The van der Waals surface area contributed by atoms with Gasteiger partial charge in [-0.2, -0.15) is 13.2 Å². The number of oxazole rings is 1. The monoisotopic (exact) mass is 337 g/mol. The van der Waals surface area contributed by atoms with Crippen LogP contribution in [0.3, 0.4) is 0 Å². The number of aromatic nitrogens is 1. The van der Waals surface area contributed by atoms with Crippen molar-refractivity contribution in [2.45, 2.75) is 6.18 Å². The molecule has 3 rings (SSSR count). The number of anilines is 2. The number of benzene rings is 2. The minimum atomic E-state index is -4.50. The summed E-state index contributed by atoms with van der Waals surface area (Å²) in [6.45, 7) is 0. The van der Waals surface area contributed by atoms with Gasteiger partial charge >= 0.3 is 18.0 Å². The smallest absolute Gasteiger partial charge is 0.408 e. The quantitative estimate of drug-likeness (QED) is 0.665. The van der Waals surface area contributed by atoms with Gasteiger partial charge in [-0.05, 0) is 30.3 Å². The zero-order chi connectivity index (χ0) is 17.3. The highest BCUT2D eigenvalue weighted by Crippen LogP contribution is 2.30. The van der Waals surface area contributed by atoms with Gasteiger partial charge in [0, 0.05) is 17.4 Å². The predicted molar refractivity (Wildman–Crippen MR) is 80.9 cm³/mol. The SMILES string of the molecule is O=C(Nc1cccc(C(F)(F)F)c1)Nc1ccc2[nH]c(=O)oc2c1. The standard InChI is InChI=1S/C15H10F3N3O3/c16-15(17,18)8-2-1-3-9(6-8)19-13(22)20-10-4-5-11-12(7-10)24-14(23)21-11/h1-7H,(H,21,23)(H2,19,20,22). The first kappa shape index (κ1) is 15.7. The van der Waals surface area contributed by atoms with Crippen LogP contribution in [0.25, 0.3) is 11.1 Å². The summed E-state index contributed by atoms with van der Waals surface area (Å²) in [7, 11) is 0. The fourth-order valence-electron chi connectivity index (χ4n) is 2.09. The van der Waals surface area contributed by atoms with Gasteiger partial charge in [0.05, 0.1) is 11.1 Å². The Morgan fingerprint density at radius 2 is 1.75 bits per heavy atom. The molecule has 0 aliphatic carbocycles. The molecule has 124 valence electrons. The van der Waals surface area contributed by atoms with E-state index in [0.717, 1.165) is 12.1 Å². The number of urea groups is 1. The maximum absolute atomic E-state index is 12.6. The van der Waals surface area contributed by atoms with E-state index in [1.807, 2.05) is 0 Å². The van der Waals surface area contributed by atoms with Crippen LogP contribution in [0.15, 0.2) is 51.7 Å². The van der Waals surface area contributed by atoms with E-state index in [1.54, 1.807) is 0 Å². The number of alkyl halides is 3. The second-order valence-electron chi connectivity index (χ2n) is 4.88. The van der Waals surface area contributed by atoms with E-state index < -0.39 is 23.5 Å². The molecule has 2 aromatic carbocycles. The van der Waals surface area contributed by atoms with Crippen LogP contribution in [0.4, 0.5) is 29.3 Å². The molecule has 3 aromatic rings. The van der Waals surface area contributed by atoms with Gasteiger partial charge < -0.3 is 15.1 Å². The fraction of sp³-hybridized carbons (Fsp3) is 0.0667. The Morgan fingerprint density at radius 1 is 1.04 bits per heavy atom. The summed E-state index contributed by atoms with van der Waals surface area (Å²) >= 11 is 0.